The number of carbonyl (C=O) groups is 1. The quantitative estimate of drug-likeness (QED) is 0.535. The van der Waals surface area contributed by atoms with Gasteiger partial charge in [-0.05, 0) is 41.4 Å². The molecule has 3 aromatic rings. The number of aromatic nitrogens is 1. The van der Waals surface area contributed by atoms with Crippen LogP contribution in [0.3, 0.4) is 0 Å². The Morgan fingerprint density at radius 2 is 2.00 bits per heavy atom. The number of carbonyl (C=O) groups excluding carboxylic acids is 1. The molecule has 1 aromatic heterocycles. The summed E-state index contributed by atoms with van der Waals surface area (Å²) in [5.41, 5.74) is 0.272. The molecule has 0 unspecified atom stereocenters. The van der Waals surface area contributed by atoms with Crippen molar-refractivity contribution in [3.8, 4) is 11.6 Å². The van der Waals surface area contributed by atoms with Gasteiger partial charge in [0, 0.05) is 11.5 Å². The van der Waals surface area contributed by atoms with E-state index in [-0.39, 0.29) is 34.7 Å². The number of rotatable bonds is 3. The van der Waals surface area contributed by atoms with Gasteiger partial charge in [-0.3, -0.25) is 0 Å². The van der Waals surface area contributed by atoms with Crippen LogP contribution in [0.1, 0.15) is 21.5 Å². The molecule has 0 saturated heterocycles. The maximum Gasteiger partial charge on any atom is 0.491 e. The Labute approximate surface area is 163 Å². The third-order valence-electron chi connectivity index (χ3n) is 4.51. The van der Waals surface area contributed by atoms with Crippen LogP contribution in [-0.2, 0) is 22.2 Å². The Morgan fingerprint density at radius 3 is 2.72 bits per heavy atom. The fraction of sp³-hybridized carbons (Fsp3) is 0.158. The number of benzene rings is 2. The van der Waals surface area contributed by atoms with E-state index >= 15 is 0 Å². The molecule has 6 nitrogen and oxygen atoms in total. The van der Waals surface area contributed by atoms with Crippen LogP contribution in [0.25, 0.3) is 10.9 Å². The normalized spacial score (nSPS) is 13.5. The molecule has 10 heteroatoms. The molecule has 1 aliphatic rings. The SMILES string of the molecule is COC(=O)c1ccc2nc(Oc3ccc4c(c3)COB4O)cc(C(F)(F)F)c2c1. The highest BCUT2D eigenvalue weighted by atomic mass is 19.4. The van der Waals surface area contributed by atoms with Gasteiger partial charge in [0.15, 0.2) is 0 Å². The van der Waals surface area contributed by atoms with Gasteiger partial charge in [-0.2, -0.15) is 13.2 Å². The molecular formula is C19H13BF3NO5. The van der Waals surface area contributed by atoms with Gasteiger partial charge >= 0.3 is 19.3 Å². The van der Waals surface area contributed by atoms with Crippen LogP contribution in [0.2, 0.25) is 0 Å². The summed E-state index contributed by atoms with van der Waals surface area (Å²) in [6, 6.07) is 9.17. The minimum atomic E-state index is -4.69. The topological polar surface area (TPSA) is 77.9 Å². The van der Waals surface area contributed by atoms with Crippen LogP contribution >= 0.6 is 0 Å². The van der Waals surface area contributed by atoms with Gasteiger partial charge in [0.25, 0.3) is 0 Å². The zero-order chi connectivity index (χ0) is 20.8. The van der Waals surface area contributed by atoms with Crippen molar-refractivity contribution in [2.24, 2.45) is 0 Å². The second kappa shape index (κ2) is 7.05. The van der Waals surface area contributed by atoms with Gasteiger partial charge in [0.05, 0.1) is 30.4 Å². The standard InChI is InChI=1S/C19H13BF3NO5/c1-27-18(25)10-2-5-16-13(7-10)14(19(21,22)23)8-17(24-16)29-12-3-4-15-11(6-12)9-28-20(15)26/h2-8,26H,9H2,1H3. The number of fused-ring (bicyclic) bond motifs is 2. The Hall–Kier alpha value is -3.11. The number of alkyl halides is 3. The van der Waals surface area contributed by atoms with Crippen LogP contribution < -0.4 is 10.2 Å². The summed E-state index contributed by atoms with van der Waals surface area (Å²) in [5, 5.41) is 9.41. The fourth-order valence-corrected chi connectivity index (χ4v) is 3.12. The monoisotopic (exact) mass is 403 g/mol. The third kappa shape index (κ3) is 3.64. The molecule has 0 saturated carbocycles. The molecule has 148 valence electrons. The number of hydrogen-bond donors (Lipinski definition) is 1. The lowest BCUT2D eigenvalue weighted by Crippen LogP contribution is -2.27. The third-order valence-corrected chi connectivity index (χ3v) is 4.51. The fourth-order valence-electron chi connectivity index (χ4n) is 3.12. The molecule has 0 amide bonds. The van der Waals surface area contributed by atoms with Crippen molar-refractivity contribution in [3.63, 3.8) is 0 Å². The van der Waals surface area contributed by atoms with Crippen LogP contribution in [0, 0.1) is 0 Å². The smallest absolute Gasteiger partial charge is 0.465 e. The van der Waals surface area contributed by atoms with Gasteiger partial charge in [-0.1, -0.05) is 6.07 Å². The molecule has 29 heavy (non-hydrogen) atoms. The zero-order valence-electron chi connectivity index (χ0n) is 15.0. The highest BCUT2D eigenvalue weighted by Gasteiger charge is 2.34. The largest absolute Gasteiger partial charge is 0.491 e. The summed E-state index contributed by atoms with van der Waals surface area (Å²) in [5.74, 6) is -0.745. The second-order valence-corrected chi connectivity index (χ2v) is 6.36. The second-order valence-electron chi connectivity index (χ2n) is 6.36. The van der Waals surface area contributed by atoms with Crippen molar-refractivity contribution in [3.05, 3.63) is 59.2 Å². The molecule has 0 bridgehead atoms. The summed E-state index contributed by atoms with van der Waals surface area (Å²) < 4.78 is 56.1. The number of hydrogen-bond acceptors (Lipinski definition) is 6. The van der Waals surface area contributed by atoms with Gasteiger partial charge in [-0.15, -0.1) is 0 Å². The minimum Gasteiger partial charge on any atom is -0.465 e. The van der Waals surface area contributed by atoms with E-state index in [1.54, 1.807) is 12.1 Å². The molecule has 0 spiro atoms. The summed E-state index contributed by atoms with van der Waals surface area (Å²) in [6.07, 6.45) is -4.69. The zero-order valence-corrected chi connectivity index (χ0v) is 15.0. The lowest BCUT2D eigenvalue weighted by atomic mass is 9.80. The summed E-state index contributed by atoms with van der Waals surface area (Å²) >= 11 is 0. The number of ether oxygens (including phenoxy) is 2. The molecule has 1 N–H and O–H groups in total. The van der Waals surface area contributed by atoms with Gasteiger partial charge in [0.2, 0.25) is 5.88 Å². The molecular weight excluding hydrogens is 390 g/mol. The van der Waals surface area contributed by atoms with E-state index in [0.717, 1.165) is 19.2 Å². The molecule has 2 heterocycles. The van der Waals surface area contributed by atoms with E-state index in [1.807, 2.05) is 0 Å². The molecule has 0 fully saturated rings. The first kappa shape index (κ1) is 19.2. The van der Waals surface area contributed by atoms with E-state index in [2.05, 4.69) is 9.72 Å². The maximum absolute atomic E-state index is 13.6. The van der Waals surface area contributed by atoms with Crippen molar-refractivity contribution in [1.29, 1.82) is 0 Å². The van der Waals surface area contributed by atoms with Crippen LogP contribution in [0.4, 0.5) is 13.2 Å². The molecule has 0 atom stereocenters. The first-order valence-electron chi connectivity index (χ1n) is 8.47. The van der Waals surface area contributed by atoms with Crippen LogP contribution in [0.5, 0.6) is 11.6 Å². The van der Waals surface area contributed by atoms with E-state index < -0.39 is 24.8 Å². The molecule has 0 aliphatic carbocycles. The lowest BCUT2D eigenvalue weighted by Gasteiger charge is -2.14. The number of esters is 1. The predicted molar refractivity (Wildman–Crippen MR) is 97.0 cm³/mol. The van der Waals surface area contributed by atoms with Crippen molar-refractivity contribution < 1.29 is 37.1 Å². The molecule has 2 aromatic carbocycles. The van der Waals surface area contributed by atoms with E-state index in [0.29, 0.717) is 11.0 Å². The van der Waals surface area contributed by atoms with Crippen molar-refractivity contribution in [2.75, 3.05) is 7.11 Å². The number of halogens is 3. The Kier molecular flexibility index (Phi) is 4.67. The number of pyridine rings is 1. The maximum atomic E-state index is 13.6. The predicted octanol–water partition coefficient (Wildman–Crippen LogP) is 3.05. The van der Waals surface area contributed by atoms with E-state index in [9.17, 15) is 23.0 Å². The average Bonchev–Trinajstić information content (AvgIpc) is 3.06. The first-order chi connectivity index (χ1) is 13.8. The molecule has 1 aliphatic heterocycles. The number of nitrogens with zero attached hydrogens (tertiary/aromatic N) is 1. The molecule has 4 rings (SSSR count). The average molecular weight is 403 g/mol. The lowest BCUT2D eigenvalue weighted by molar-refractivity contribution is -0.136. The summed E-state index contributed by atoms with van der Waals surface area (Å²) in [6.45, 7) is 0.170. The highest BCUT2D eigenvalue weighted by molar-refractivity contribution is 6.61. The summed E-state index contributed by atoms with van der Waals surface area (Å²) in [7, 11) is 0.117. The molecule has 0 radical (unpaired) electrons. The first-order valence-corrected chi connectivity index (χ1v) is 8.47. The Morgan fingerprint density at radius 1 is 1.21 bits per heavy atom. The van der Waals surface area contributed by atoms with Crippen molar-refractivity contribution in [2.45, 2.75) is 12.8 Å². The van der Waals surface area contributed by atoms with Crippen LogP contribution in [0.15, 0.2) is 42.5 Å². The highest BCUT2D eigenvalue weighted by Crippen LogP contribution is 2.37. The Bertz CT molecular complexity index is 1120. The summed E-state index contributed by atoms with van der Waals surface area (Å²) in [4.78, 5) is 15.8. The van der Waals surface area contributed by atoms with E-state index in [1.165, 1.54) is 18.2 Å². The minimum absolute atomic E-state index is 0.0156. The Balaban J connectivity index is 1.77. The van der Waals surface area contributed by atoms with Crippen LogP contribution in [-0.4, -0.2) is 30.2 Å². The number of methoxy groups -OCH3 is 1. The van der Waals surface area contributed by atoms with Gasteiger partial charge in [-0.25, -0.2) is 9.78 Å². The van der Waals surface area contributed by atoms with Crippen molar-refractivity contribution >= 4 is 29.5 Å². The van der Waals surface area contributed by atoms with Gasteiger partial charge in [0.1, 0.15) is 5.75 Å². The van der Waals surface area contributed by atoms with Crippen molar-refractivity contribution in [1.82, 2.24) is 4.98 Å². The van der Waals surface area contributed by atoms with E-state index in [4.69, 9.17) is 9.39 Å². The van der Waals surface area contributed by atoms with Gasteiger partial charge < -0.3 is 19.2 Å².